The molecule has 368 valence electrons. The Balaban J connectivity index is 0.909. The van der Waals surface area contributed by atoms with Crippen LogP contribution in [0.5, 0.6) is 17.2 Å². The van der Waals surface area contributed by atoms with Crippen LogP contribution in [0.1, 0.15) is 65.1 Å². The molecule has 19 nitrogen and oxygen atoms in total. The number of methoxy groups -OCH3 is 2. The predicted octanol–water partition coefficient (Wildman–Crippen LogP) is 5.08. The molecule has 0 spiro atoms. The van der Waals surface area contributed by atoms with Crippen molar-refractivity contribution in [2.75, 3.05) is 24.9 Å². The van der Waals surface area contributed by atoms with E-state index >= 15 is 0 Å². The van der Waals surface area contributed by atoms with Gasteiger partial charge in [0, 0.05) is 47.2 Å². The van der Waals surface area contributed by atoms with Gasteiger partial charge in [0.2, 0.25) is 12.6 Å². The molecule has 3 aliphatic heterocycles. The van der Waals surface area contributed by atoms with Gasteiger partial charge in [-0.15, -0.1) is 0 Å². The average molecular weight is 965 g/mol. The number of carbonyl (C=O) groups is 2. The second-order valence-electron chi connectivity index (χ2n) is 18.6. The molecular formula is C51H52N2O17. The van der Waals surface area contributed by atoms with Crippen LogP contribution in [0.3, 0.4) is 0 Å². The van der Waals surface area contributed by atoms with Gasteiger partial charge < -0.3 is 73.1 Å². The molecule has 2 saturated heterocycles. The van der Waals surface area contributed by atoms with Crippen LogP contribution in [0.25, 0.3) is 33.1 Å². The highest BCUT2D eigenvalue weighted by Crippen LogP contribution is 2.42. The summed E-state index contributed by atoms with van der Waals surface area (Å²) in [7, 11) is 2.81. The van der Waals surface area contributed by atoms with Crippen LogP contribution >= 0.6 is 0 Å². The Hall–Kier alpha value is -6.68. The summed E-state index contributed by atoms with van der Waals surface area (Å²) in [6, 6.07) is 19.1. The highest BCUT2D eigenvalue weighted by Gasteiger charge is 2.52. The molecule has 2 aromatic heterocycles. The minimum absolute atomic E-state index is 0.0554. The van der Waals surface area contributed by atoms with Crippen LogP contribution < -0.4 is 36.1 Å². The maximum absolute atomic E-state index is 13.9. The molecular weight excluding hydrogens is 913 g/mol. The van der Waals surface area contributed by atoms with Gasteiger partial charge >= 0.3 is 11.3 Å². The molecule has 0 radical (unpaired) electrons. The van der Waals surface area contributed by atoms with Gasteiger partial charge in [-0.05, 0) is 107 Å². The van der Waals surface area contributed by atoms with Crippen LogP contribution in [0, 0.1) is 13.8 Å². The Morgan fingerprint density at radius 3 is 1.63 bits per heavy atom. The minimum atomic E-state index is -1.45. The summed E-state index contributed by atoms with van der Waals surface area (Å²) in [6.45, 7) is 10.2. The first kappa shape index (κ1) is 48.3. The fourth-order valence-electron chi connectivity index (χ4n) is 9.41. The van der Waals surface area contributed by atoms with Gasteiger partial charge in [-0.1, -0.05) is 18.2 Å². The maximum Gasteiger partial charge on any atom is 0.360 e. The zero-order valence-corrected chi connectivity index (χ0v) is 39.4. The lowest BCUT2D eigenvalue weighted by Gasteiger charge is -2.46. The molecule has 9 rings (SSSR count). The highest BCUT2D eigenvalue weighted by atomic mass is 16.7. The van der Waals surface area contributed by atoms with Crippen LogP contribution in [-0.2, 0) is 25.6 Å². The van der Waals surface area contributed by atoms with Crippen molar-refractivity contribution in [3.63, 3.8) is 0 Å². The van der Waals surface area contributed by atoms with E-state index in [1.807, 2.05) is 0 Å². The second kappa shape index (κ2) is 18.2. The summed E-state index contributed by atoms with van der Waals surface area (Å²) in [6.07, 6.45) is -9.68. The number of anilines is 2. The average Bonchev–Trinajstić information content (AvgIpc) is 3.32. The molecule has 2 amide bonds. The van der Waals surface area contributed by atoms with E-state index in [0.717, 1.165) is 5.56 Å². The number of ether oxygens (including phenoxy) is 7. The summed E-state index contributed by atoms with van der Waals surface area (Å²) >= 11 is 0. The van der Waals surface area contributed by atoms with E-state index < -0.39 is 83.5 Å². The van der Waals surface area contributed by atoms with Gasteiger partial charge in [-0.3, -0.25) is 9.59 Å². The molecule has 6 aromatic rings. The lowest BCUT2D eigenvalue weighted by atomic mass is 9.89. The van der Waals surface area contributed by atoms with Crippen molar-refractivity contribution in [2.45, 2.75) is 109 Å². The van der Waals surface area contributed by atoms with E-state index in [1.165, 1.54) is 32.4 Å². The van der Waals surface area contributed by atoms with E-state index in [0.29, 0.717) is 33.0 Å². The maximum atomic E-state index is 13.9. The van der Waals surface area contributed by atoms with Gasteiger partial charge in [0.1, 0.15) is 83.0 Å². The van der Waals surface area contributed by atoms with E-state index in [1.54, 1.807) is 96.1 Å². The monoisotopic (exact) mass is 964 g/mol. The minimum Gasteiger partial charge on any atom is -0.487 e. The number of fused-ring (bicyclic) bond motifs is 5. The summed E-state index contributed by atoms with van der Waals surface area (Å²) < 4.78 is 52.0. The third-order valence-electron chi connectivity index (χ3n) is 13.1. The number of amides is 2. The largest absolute Gasteiger partial charge is 0.487 e. The molecule has 5 heterocycles. The van der Waals surface area contributed by atoms with Gasteiger partial charge in [0.15, 0.2) is 0 Å². The number of hydrogen-bond acceptors (Lipinski definition) is 17. The number of aliphatic hydroxyl groups is 4. The molecule has 19 heteroatoms. The number of hydrogen-bond donors (Lipinski definition) is 6. The number of nitrogens with one attached hydrogen (secondary N) is 2. The second-order valence-corrected chi connectivity index (χ2v) is 18.6. The van der Waals surface area contributed by atoms with Crippen molar-refractivity contribution < 1.29 is 72.0 Å². The predicted molar refractivity (Wildman–Crippen MR) is 251 cm³/mol. The third-order valence-corrected chi connectivity index (χ3v) is 13.1. The summed E-state index contributed by atoms with van der Waals surface area (Å²) in [5.41, 5.74) is -0.744. The smallest absolute Gasteiger partial charge is 0.360 e. The molecule has 0 unspecified atom stereocenters. The van der Waals surface area contributed by atoms with Crippen LogP contribution in [0.2, 0.25) is 0 Å². The number of benzene rings is 4. The molecule has 4 aromatic carbocycles. The van der Waals surface area contributed by atoms with Crippen LogP contribution in [0.15, 0.2) is 91.2 Å². The Labute approximate surface area is 399 Å². The Morgan fingerprint density at radius 2 is 1.13 bits per heavy atom. The summed E-state index contributed by atoms with van der Waals surface area (Å²) in [5, 5.41) is 49.1. The molecule has 2 fully saturated rings. The van der Waals surface area contributed by atoms with Crippen LogP contribution in [0.4, 0.5) is 11.4 Å². The van der Waals surface area contributed by atoms with E-state index in [-0.39, 0.29) is 57.5 Å². The van der Waals surface area contributed by atoms with Gasteiger partial charge in [-0.2, -0.15) is 0 Å². The first-order chi connectivity index (χ1) is 33.2. The van der Waals surface area contributed by atoms with Crippen molar-refractivity contribution in [1.29, 1.82) is 0 Å². The van der Waals surface area contributed by atoms with Crippen molar-refractivity contribution >= 4 is 45.1 Å². The zero-order chi connectivity index (χ0) is 50.1. The Morgan fingerprint density at radius 1 is 0.629 bits per heavy atom. The van der Waals surface area contributed by atoms with Crippen molar-refractivity contribution in [3.05, 3.63) is 121 Å². The zero-order valence-electron chi connectivity index (χ0n) is 39.4. The highest BCUT2D eigenvalue weighted by molar-refractivity contribution is 6.09. The number of rotatable bonds is 10. The number of aliphatic hydroxyl groups excluding tert-OH is 4. The van der Waals surface area contributed by atoms with Crippen molar-refractivity contribution in [3.8, 4) is 28.4 Å². The summed E-state index contributed by atoms with van der Waals surface area (Å²) in [5.74, 6) is -0.623. The Bertz CT molecular complexity index is 3180. The fourth-order valence-corrected chi connectivity index (χ4v) is 9.41. The standard InChI is InChI=1S/C51H52N2O17/c1-22-33(65-48-37(56)35(54)42(62-7)50(3,4)69-48)16-14-24-19-31(46(60)67-39(22)24)52-44(58)26-12-13-27-21-64-41-28(30(27)18-26)10-9-11-29(41)45(59)53-32-20-25-15-17-34(23(2)40(25)68-47(32)61)66-49-38(57)36(55)43(63-8)51(5,6)70-49/h9-20,35-38,42-43,48-49,54-57H,21H2,1-8H3,(H,52,58)(H,53,59)/t35-,36-,37+,38+,42+,43+,48+,49+/m0/s1. The lowest BCUT2D eigenvalue weighted by Crippen LogP contribution is -2.63. The topological polar surface area (TPSA) is 264 Å². The number of para-hydroxylation sites is 1. The third kappa shape index (κ3) is 8.57. The van der Waals surface area contributed by atoms with Crippen molar-refractivity contribution in [1.82, 2.24) is 0 Å². The Kier molecular flexibility index (Phi) is 12.6. The van der Waals surface area contributed by atoms with E-state index in [9.17, 15) is 39.6 Å². The quantitative estimate of drug-likeness (QED) is 0.0978. The molecule has 8 atom stereocenters. The molecule has 70 heavy (non-hydrogen) atoms. The fraction of sp³-hybridized carbons (Fsp3) is 0.373. The molecule has 3 aliphatic rings. The van der Waals surface area contributed by atoms with Gasteiger partial charge in [0.25, 0.3) is 11.8 Å². The lowest BCUT2D eigenvalue weighted by molar-refractivity contribution is -0.306. The number of aryl methyl sites for hydroxylation is 2. The molecule has 0 bridgehead atoms. The van der Waals surface area contributed by atoms with E-state index in [2.05, 4.69) is 10.6 Å². The van der Waals surface area contributed by atoms with Gasteiger partial charge in [0.05, 0.1) is 16.8 Å². The molecule has 6 N–H and O–H groups in total. The first-order valence-electron chi connectivity index (χ1n) is 22.3. The SMILES string of the molecule is CO[C@@H]1[C@@H](O)[C@@H](O)[C@H](Oc2ccc3cc(NC(=O)c4ccc5c(c4)-c4cccc(C(=O)Nc6cc7ccc(O[C@@H]8OC(C)(C)[C@H](OC)[C@@H](O)[C@H]8O)c(C)c7oc6=O)c4OC5)c(=O)oc3c2C)OC1(C)C. The molecule has 0 saturated carbocycles. The van der Waals surface area contributed by atoms with Crippen molar-refractivity contribution in [2.24, 2.45) is 0 Å². The first-order valence-corrected chi connectivity index (χ1v) is 22.3. The van der Waals surface area contributed by atoms with Crippen LogP contribution in [-0.4, -0.2) is 107 Å². The normalized spacial score (nSPS) is 24.5. The van der Waals surface area contributed by atoms with E-state index in [4.69, 9.17) is 42.0 Å². The van der Waals surface area contributed by atoms with Gasteiger partial charge in [-0.25, -0.2) is 9.59 Å². The number of carbonyl (C=O) groups excluding carboxylic acids is 2. The summed E-state index contributed by atoms with van der Waals surface area (Å²) in [4.78, 5) is 54.3. The molecule has 0 aliphatic carbocycles.